The first-order valence-electron chi connectivity index (χ1n) is 6.34. The van der Waals surface area contributed by atoms with E-state index < -0.39 is 15.8 Å². The van der Waals surface area contributed by atoms with E-state index in [0.29, 0.717) is 0 Å². The van der Waals surface area contributed by atoms with Crippen LogP contribution in [-0.2, 0) is 10.0 Å². The smallest absolute Gasteiger partial charge is 0.263 e. The Balaban J connectivity index is 2.21. The van der Waals surface area contributed by atoms with Crippen molar-refractivity contribution in [1.82, 2.24) is 10.3 Å². The van der Waals surface area contributed by atoms with Crippen molar-refractivity contribution in [3.8, 4) is 0 Å². The van der Waals surface area contributed by atoms with Gasteiger partial charge >= 0.3 is 0 Å². The highest BCUT2D eigenvalue weighted by Gasteiger charge is 2.15. The van der Waals surface area contributed by atoms with E-state index in [-0.39, 0.29) is 16.8 Å². The van der Waals surface area contributed by atoms with Crippen LogP contribution in [0.5, 0.6) is 0 Å². The summed E-state index contributed by atoms with van der Waals surface area (Å²) in [6, 6.07) is 9.08. The van der Waals surface area contributed by atoms with Gasteiger partial charge in [-0.2, -0.15) is 0 Å². The molecule has 2 aromatic rings. The lowest BCUT2D eigenvalue weighted by molar-refractivity contribution is 0.600. The van der Waals surface area contributed by atoms with Crippen molar-refractivity contribution in [3.63, 3.8) is 0 Å². The molecule has 0 aliphatic carbocycles. The molecule has 21 heavy (non-hydrogen) atoms. The molecule has 5 nitrogen and oxygen atoms in total. The number of anilines is 1. The molecular weight excluding hydrogens is 293 g/mol. The van der Waals surface area contributed by atoms with Crippen molar-refractivity contribution in [3.05, 3.63) is 54.0 Å². The minimum atomic E-state index is -3.73. The molecule has 0 saturated heterocycles. The van der Waals surface area contributed by atoms with Crippen LogP contribution in [0.3, 0.4) is 0 Å². The lowest BCUT2D eigenvalue weighted by atomic mass is 10.1. The number of halogens is 1. The first kappa shape index (κ1) is 15.4. The largest absolute Gasteiger partial charge is 0.313 e. The van der Waals surface area contributed by atoms with Gasteiger partial charge in [-0.05, 0) is 43.8 Å². The van der Waals surface area contributed by atoms with E-state index in [2.05, 4.69) is 15.0 Å². The molecule has 0 aliphatic heterocycles. The second-order valence-electron chi connectivity index (χ2n) is 4.55. The highest BCUT2D eigenvalue weighted by Crippen LogP contribution is 2.18. The van der Waals surface area contributed by atoms with E-state index in [9.17, 15) is 12.8 Å². The van der Waals surface area contributed by atoms with E-state index in [1.807, 2.05) is 14.0 Å². The summed E-state index contributed by atoms with van der Waals surface area (Å²) in [6.45, 7) is 1.98. The average Bonchev–Trinajstić information content (AvgIpc) is 2.49. The molecule has 1 aromatic carbocycles. The number of benzene rings is 1. The molecular formula is C14H16FN3O2S. The van der Waals surface area contributed by atoms with Crippen molar-refractivity contribution in [2.45, 2.75) is 17.9 Å². The Bertz CT molecular complexity index is 700. The van der Waals surface area contributed by atoms with Gasteiger partial charge in [0.15, 0.2) is 0 Å². The zero-order valence-corrected chi connectivity index (χ0v) is 12.5. The maximum atomic E-state index is 12.8. The van der Waals surface area contributed by atoms with E-state index >= 15 is 0 Å². The van der Waals surface area contributed by atoms with E-state index in [4.69, 9.17) is 0 Å². The molecule has 0 saturated carbocycles. The van der Waals surface area contributed by atoms with Gasteiger partial charge in [0, 0.05) is 6.04 Å². The summed E-state index contributed by atoms with van der Waals surface area (Å²) in [4.78, 5) is 3.80. The zero-order chi connectivity index (χ0) is 15.5. The highest BCUT2D eigenvalue weighted by molar-refractivity contribution is 7.92. The van der Waals surface area contributed by atoms with Gasteiger partial charge in [-0.25, -0.2) is 17.8 Å². The summed E-state index contributed by atoms with van der Waals surface area (Å²) in [6.07, 6.45) is 0.954. The quantitative estimate of drug-likeness (QED) is 0.889. The molecule has 2 N–H and O–H groups in total. The molecule has 7 heteroatoms. The van der Waals surface area contributed by atoms with Gasteiger partial charge in [0.05, 0.1) is 11.1 Å². The second-order valence-corrected chi connectivity index (χ2v) is 6.23. The van der Waals surface area contributed by atoms with Crippen LogP contribution in [0.1, 0.15) is 18.5 Å². The van der Waals surface area contributed by atoms with Gasteiger partial charge in [-0.1, -0.05) is 12.1 Å². The van der Waals surface area contributed by atoms with Crippen molar-refractivity contribution < 1.29 is 12.8 Å². The summed E-state index contributed by atoms with van der Waals surface area (Å²) in [5.41, 5.74) is 0.983. The Morgan fingerprint density at radius 1 is 1.14 bits per heavy atom. The minimum absolute atomic E-state index is 0.0732. The van der Waals surface area contributed by atoms with Crippen LogP contribution in [-0.4, -0.2) is 20.4 Å². The Labute approximate surface area is 123 Å². The van der Waals surface area contributed by atoms with Gasteiger partial charge in [0.2, 0.25) is 0 Å². The number of pyridine rings is 1. The Hall–Kier alpha value is -1.99. The molecule has 2 rings (SSSR count). The van der Waals surface area contributed by atoms with Crippen LogP contribution in [0.15, 0.2) is 47.5 Å². The van der Waals surface area contributed by atoms with Gasteiger partial charge in [-0.3, -0.25) is 4.72 Å². The van der Waals surface area contributed by atoms with Gasteiger partial charge in [0.25, 0.3) is 10.0 Å². The fourth-order valence-corrected chi connectivity index (χ4v) is 2.74. The van der Waals surface area contributed by atoms with E-state index in [1.54, 1.807) is 12.1 Å². The first-order valence-corrected chi connectivity index (χ1v) is 7.82. The maximum Gasteiger partial charge on any atom is 0.263 e. The maximum absolute atomic E-state index is 12.8. The predicted molar refractivity (Wildman–Crippen MR) is 78.9 cm³/mol. The fraction of sp³-hybridized carbons (Fsp3) is 0.214. The molecule has 0 radical (unpaired) electrons. The van der Waals surface area contributed by atoms with Gasteiger partial charge in [-0.15, -0.1) is 0 Å². The number of nitrogens with one attached hydrogen (secondary N) is 2. The molecule has 1 atom stereocenters. The van der Waals surface area contributed by atoms with Gasteiger partial charge in [0.1, 0.15) is 11.6 Å². The summed E-state index contributed by atoms with van der Waals surface area (Å²) < 4.78 is 39.4. The lowest BCUT2D eigenvalue weighted by Gasteiger charge is -2.12. The molecule has 0 aliphatic rings. The van der Waals surface area contributed by atoms with Crippen LogP contribution in [0.25, 0.3) is 0 Å². The Morgan fingerprint density at radius 3 is 2.33 bits per heavy atom. The van der Waals surface area contributed by atoms with Gasteiger partial charge < -0.3 is 5.32 Å². The van der Waals surface area contributed by atoms with E-state index in [0.717, 1.165) is 17.8 Å². The highest BCUT2D eigenvalue weighted by atomic mass is 32.2. The number of hydrogen-bond donors (Lipinski definition) is 2. The van der Waals surface area contributed by atoms with Crippen LogP contribution in [0.4, 0.5) is 10.2 Å². The monoisotopic (exact) mass is 309 g/mol. The zero-order valence-electron chi connectivity index (χ0n) is 11.7. The number of rotatable bonds is 5. The lowest BCUT2D eigenvalue weighted by Crippen LogP contribution is -2.15. The van der Waals surface area contributed by atoms with Crippen LogP contribution in [0.2, 0.25) is 0 Å². The van der Waals surface area contributed by atoms with Crippen LogP contribution in [0, 0.1) is 5.82 Å². The molecule has 1 unspecified atom stereocenters. The molecule has 0 spiro atoms. The van der Waals surface area contributed by atoms with Crippen LogP contribution < -0.4 is 10.0 Å². The minimum Gasteiger partial charge on any atom is -0.313 e. The predicted octanol–water partition coefficient (Wildman–Crippen LogP) is 2.30. The average molecular weight is 309 g/mol. The standard InChI is InChI=1S/C14H16FN3O2S/c1-10(16-2)11-3-6-13(7-4-11)21(19,20)18-14-8-5-12(15)9-17-14/h3-10,16H,1-2H3,(H,17,18). The summed E-state index contributed by atoms with van der Waals surface area (Å²) in [7, 11) is -1.90. The number of nitrogens with zero attached hydrogens (tertiary/aromatic N) is 1. The van der Waals surface area contributed by atoms with Crippen molar-refractivity contribution >= 4 is 15.8 Å². The molecule has 0 fully saturated rings. The first-order chi connectivity index (χ1) is 9.92. The third-order valence-corrected chi connectivity index (χ3v) is 4.46. The molecule has 1 heterocycles. The second kappa shape index (κ2) is 6.19. The third kappa shape index (κ3) is 3.77. The normalized spacial score (nSPS) is 12.9. The Morgan fingerprint density at radius 2 is 1.81 bits per heavy atom. The number of sulfonamides is 1. The number of hydrogen-bond acceptors (Lipinski definition) is 4. The van der Waals surface area contributed by atoms with Crippen molar-refractivity contribution in [2.24, 2.45) is 0 Å². The molecule has 112 valence electrons. The molecule has 0 amide bonds. The summed E-state index contributed by atoms with van der Waals surface area (Å²) in [5.74, 6) is -0.451. The van der Waals surface area contributed by atoms with Crippen LogP contribution >= 0.6 is 0 Å². The fourth-order valence-electron chi connectivity index (χ4n) is 1.74. The summed E-state index contributed by atoms with van der Waals surface area (Å²) in [5, 5.41) is 3.07. The molecule has 1 aromatic heterocycles. The topological polar surface area (TPSA) is 71.1 Å². The van der Waals surface area contributed by atoms with Crippen molar-refractivity contribution in [2.75, 3.05) is 11.8 Å². The SMILES string of the molecule is CNC(C)c1ccc(S(=O)(=O)Nc2ccc(F)cn2)cc1. The molecule has 0 bridgehead atoms. The third-order valence-electron chi connectivity index (χ3n) is 3.09. The Kier molecular flexibility index (Phi) is 4.54. The van der Waals surface area contributed by atoms with Crippen molar-refractivity contribution in [1.29, 1.82) is 0 Å². The van der Waals surface area contributed by atoms with E-state index in [1.165, 1.54) is 18.2 Å². The number of aromatic nitrogens is 1. The summed E-state index contributed by atoms with van der Waals surface area (Å²) >= 11 is 0.